The fourth-order valence-electron chi connectivity index (χ4n) is 1.20. The van der Waals surface area contributed by atoms with E-state index in [0.717, 1.165) is 18.9 Å². The Bertz CT molecular complexity index is 89.0. The van der Waals surface area contributed by atoms with Crippen LogP contribution in [0.5, 0.6) is 0 Å². The van der Waals surface area contributed by atoms with Gasteiger partial charge >= 0.3 is 18.9 Å². The van der Waals surface area contributed by atoms with Gasteiger partial charge in [-0.3, -0.25) is 0 Å². The molecule has 0 aliphatic carbocycles. The molecule has 0 spiro atoms. The second-order valence-corrected chi connectivity index (χ2v) is 3.21. The molecule has 1 unspecified atom stereocenters. The molecule has 0 aliphatic heterocycles. The Morgan fingerprint density at radius 3 is 2.62 bits per heavy atom. The van der Waals surface area contributed by atoms with Crippen molar-refractivity contribution in [2.75, 3.05) is 20.5 Å². The Hall–Kier alpha value is 0.517. The molecule has 0 rings (SSSR count). The molecule has 0 bridgehead atoms. The van der Waals surface area contributed by atoms with Crippen molar-refractivity contribution in [3.8, 4) is 0 Å². The van der Waals surface area contributed by atoms with Gasteiger partial charge in [0.25, 0.3) is 0 Å². The molecule has 2 nitrogen and oxygen atoms in total. The van der Waals surface area contributed by atoms with Crippen LogP contribution in [-0.2, 0) is 9.47 Å². The number of hydrogen-bond acceptors (Lipinski definition) is 2. The summed E-state index contributed by atoms with van der Waals surface area (Å²) in [6.45, 7) is 5.63. The van der Waals surface area contributed by atoms with Crippen LogP contribution in [0.4, 0.5) is 0 Å². The Kier molecular flexibility index (Phi) is 15.4. The minimum absolute atomic E-state index is 0. The van der Waals surface area contributed by atoms with Crippen LogP contribution in [0.15, 0.2) is 0 Å². The molecule has 0 saturated carbocycles. The SMILES string of the molecule is C[CH-]CC(C)CCCOCOC.[Li+]. The van der Waals surface area contributed by atoms with Crippen molar-refractivity contribution in [2.24, 2.45) is 5.92 Å². The van der Waals surface area contributed by atoms with Crippen molar-refractivity contribution in [3.63, 3.8) is 0 Å². The van der Waals surface area contributed by atoms with E-state index in [1.807, 2.05) is 0 Å². The number of ether oxygens (including phenoxy) is 2. The monoisotopic (exact) mass is 180 g/mol. The summed E-state index contributed by atoms with van der Waals surface area (Å²) in [5.41, 5.74) is 0. The Labute approximate surface area is 94.5 Å². The molecule has 1 atom stereocenters. The van der Waals surface area contributed by atoms with Gasteiger partial charge in [-0.2, -0.15) is 13.3 Å². The summed E-state index contributed by atoms with van der Waals surface area (Å²) in [6, 6.07) is 0. The van der Waals surface area contributed by atoms with E-state index in [-0.39, 0.29) is 18.9 Å². The van der Waals surface area contributed by atoms with Crippen molar-refractivity contribution >= 4 is 0 Å². The summed E-state index contributed by atoms with van der Waals surface area (Å²) in [5, 5.41) is 0. The normalized spacial score (nSPS) is 12.2. The Balaban J connectivity index is 0. The van der Waals surface area contributed by atoms with Gasteiger partial charge in [0.1, 0.15) is 6.79 Å². The molecule has 0 N–H and O–H groups in total. The first kappa shape index (κ1) is 16.0. The third-order valence-corrected chi connectivity index (χ3v) is 1.82. The van der Waals surface area contributed by atoms with Gasteiger partial charge in [0, 0.05) is 13.7 Å². The van der Waals surface area contributed by atoms with Crippen molar-refractivity contribution < 1.29 is 28.3 Å². The molecule has 0 radical (unpaired) electrons. The third kappa shape index (κ3) is 12.5. The zero-order chi connectivity index (χ0) is 9.23. The minimum atomic E-state index is 0. The molecule has 0 heterocycles. The molecular formula is C10H21LiO2. The van der Waals surface area contributed by atoms with Gasteiger partial charge in [-0.25, -0.2) is 0 Å². The first-order chi connectivity index (χ1) is 5.81. The standard InChI is InChI=1S/C10H21O2.Li/c1-4-6-10(2)7-5-8-12-9-11-3;/h4,10H,5-9H2,1-3H3;/q-1;+1. The van der Waals surface area contributed by atoms with Crippen LogP contribution in [0.2, 0.25) is 0 Å². The van der Waals surface area contributed by atoms with E-state index in [1.54, 1.807) is 7.11 Å². The maximum Gasteiger partial charge on any atom is 1.00 e. The first-order valence-electron chi connectivity index (χ1n) is 4.65. The van der Waals surface area contributed by atoms with E-state index >= 15 is 0 Å². The molecule has 74 valence electrons. The number of methoxy groups -OCH3 is 1. The van der Waals surface area contributed by atoms with Crippen LogP contribution in [0.3, 0.4) is 0 Å². The average Bonchev–Trinajstić information content (AvgIpc) is 2.05. The van der Waals surface area contributed by atoms with Crippen LogP contribution in [0, 0.1) is 12.3 Å². The van der Waals surface area contributed by atoms with Crippen LogP contribution >= 0.6 is 0 Å². The molecule has 0 saturated heterocycles. The van der Waals surface area contributed by atoms with Crippen molar-refractivity contribution in [1.29, 1.82) is 0 Å². The van der Waals surface area contributed by atoms with Gasteiger partial charge in [-0.1, -0.05) is 19.3 Å². The zero-order valence-electron chi connectivity index (χ0n) is 9.51. The van der Waals surface area contributed by atoms with Crippen molar-refractivity contribution in [1.82, 2.24) is 0 Å². The topological polar surface area (TPSA) is 18.5 Å². The Morgan fingerprint density at radius 2 is 2.08 bits per heavy atom. The third-order valence-electron chi connectivity index (χ3n) is 1.82. The van der Waals surface area contributed by atoms with Crippen LogP contribution < -0.4 is 18.9 Å². The second-order valence-electron chi connectivity index (χ2n) is 3.21. The van der Waals surface area contributed by atoms with Gasteiger partial charge in [0.15, 0.2) is 0 Å². The minimum Gasteiger partial charge on any atom is -0.359 e. The van der Waals surface area contributed by atoms with E-state index in [4.69, 9.17) is 9.47 Å². The smallest absolute Gasteiger partial charge is 0.359 e. The Morgan fingerprint density at radius 1 is 1.38 bits per heavy atom. The van der Waals surface area contributed by atoms with Crippen molar-refractivity contribution in [3.05, 3.63) is 6.42 Å². The predicted octanol–water partition coefficient (Wildman–Crippen LogP) is -0.359. The van der Waals surface area contributed by atoms with Gasteiger partial charge in [-0.05, 0) is 6.42 Å². The summed E-state index contributed by atoms with van der Waals surface area (Å²) >= 11 is 0. The van der Waals surface area contributed by atoms with E-state index in [2.05, 4.69) is 20.3 Å². The van der Waals surface area contributed by atoms with Gasteiger partial charge in [0.2, 0.25) is 0 Å². The largest absolute Gasteiger partial charge is 1.00 e. The molecule has 3 heteroatoms. The summed E-state index contributed by atoms with van der Waals surface area (Å²) in [5.74, 6) is 0.793. The van der Waals surface area contributed by atoms with Crippen LogP contribution in [-0.4, -0.2) is 20.5 Å². The van der Waals surface area contributed by atoms with E-state index in [0.29, 0.717) is 6.79 Å². The van der Waals surface area contributed by atoms with Gasteiger partial charge < -0.3 is 15.9 Å². The molecule has 0 fully saturated rings. The molecular weight excluding hydrogens is 159 g/mol. The summed E-state index contributed by atoms with van der Waals surface area (Å²) in [7, 11) is 1.65. The van der Waals surface area contributed by atoms with E-state index in [1.165, 1.54) is 12.8 Å². The fourth-order valence-corrected chi connectivity index (χ4v) is 1.20. The summed E-state index contributed by atoms with van der Waals surface area (Å²) in [4.78, 5) is 0. The molecule has 13 heavy (non-hydrogen) atoms. The van der Waals surface area contributed by atoms with E-state index in [9.17, 15) is 0 Å². The van der Waals surface area contributed by atoms with Crippen LogP contribution in [0.1, 0.15) is 33.1 Å². The van der Waals surface area contributed by atoms with Gasteiger partial charge in [-0.15, -0.1) is 0 Å². The molecule has 0 aromatic heterocycles. The molecule has 0 aromatic carbocycles. The molecule has 0 aromatic rings. The quantitative estimate of drug-likeness (QED) is 0.220. The van der Waals surface area contributed by atoms with Crippen molar-refractivity contribution in [2.45, 2.75) is 33.1 Å². The van der Waals surface area contributed by atoms with Gasteiger partial charge in [0.05, 0.1) is 0 Å². The van der Waals surface area contributed by atoms with E-state index < -0.39 is 0 Å². The molecule has 0 amide bonds. The predicted molar refractivity (Wildman–Crippen MR) is 50.8 cm³/mol. The maximum absolute atomic E-state index is 5.18. The fraction of sp³-hybridized carbons (Fsp3) is 0.900. The second kappa shape index (κ2) is 12.5. The first-order valence-corrected chi connectivity index (χ1v) is 4.65. The average molecular weight is 180 g/mol. The summed E-state index contributed by atoms with van der Waals surface area (Å²) in [6.07, 6.45) is 5.82. The number of hydrogen-bond donors (Lipinski definition) is 0. The number of rotatable bonds is 8. The summed E-state index contributed by atoms with van der Waals surface area (Å²) < 4.78 is 9.95. The maximum atomic E-state index is 5.18. The van der Waals surface area contributed by atoms with Crippen LogP contribution in [0.25, 0.3) is 0 Å². The molecule has 0 aliphatic rings. The zero-order valence-corrected chi connectivity index (χ0v) is 9.51.